The molecule has 2 heterocycles. The number of likely N-dealkylation sites (tertiary alicyclic amines) is 1. The summed E-state index contributed by atoms with van der Waals surface area (Å²) < 4.78 is 5.89. The largest absolute Gasteiger partial charge is 0.440 e. The van der Waals surface area contributed by atoms with Gasteiger partial charge in [0.15, 0.2) is 11.5 Å². The average Bonchev–Trinajstić information content (AvgIpc) is 3.14. The maximum Gasteiger partial charge on any atom is 0.321 e. The van der Waals surface area contributed by atoms with Crippen LogP contribution in [-0.4, -0.2) is 34.9 Å². The van der Waals surface area contributed by atoms with Gasteiger partial charge in [-0.2, -0.15) is 0 Å². The number of nitrogens with zero attached hydrogens (tertiary/aromatic N) is 2. The SMILES string of the molecule is CC(=O)Nc1ccc(NC(=O)N2CCCC(c3nc4ccccc4o3)C2)c(Cl)c1. The van der Waals surface area contributed by atoms with Crippen LogP contribution in [0.5, 0.6) is 0 Å². The lowest BCUT2D eigenvalue weighted by Crippen LogP contribution is -2.41. The third-order valence-corrected chi connectivity index (χ3v) is 5.21. The van der Waals surface area contributed by atoms with E-state index in [1.165, 1.54) is 6.92 Å². The van der Waals surface area contributed by atoms with Gasteiger partial charge < -0.3 is 20.0 Å². The summed E-state index contributed by atoms with van der Waals surface area (Å²) in [6.07, 6.45) is 1.79. The number of hydrogen-bond donors (Lipinski definition) is 2. The number of halogens is 1. The van der Waals surface area contributed by atoms with Crippen LogP contribution in [0.25, 0.3) is 11.1 Å². The number of urea groups is 1. The van der Waals surface area contributed by atoms with Crippen molar-refractivity contribution >= 4 is 46.0 Å². The van der Waals surface area contributed by atoms with Crippen molar-refractivity contribution in [1.82, 2.24) is 9.88 Å². The molecule has 29 heavy (non-hydrogen) atoms. The number of fused-ring (bicyclic) bond motifs is 1. The normalized spacial score (nSPS) is 16.6. The Balaban J connectivity index is 1.44. The van der Waals surface area contributed by atoms with Gasteiger partial charge in [0.05, 0.1) is 16.6 Å². The maximum absolute atomic E-state index is 12.8. The molecular weight excluding hydrogens is 392 g/mol. The van der Waals surface area contributed by atoms with Crippen LogP contribution in [0, 0.1) is 0 Å². The molecule has 0 saturated carbocycles. The van der Waals surface area contributed by atoms with Gasteiger partial charge >= 0.3 is 6.03 Å². The molecule has 0 spiro atoms. The highest BCUT2D eigenvalue weighted by atomic mass is 35.5. The number of nitrogens with one attached hydrogen (secondary N) is 2. The summed E-state index contributed by atoms with van der Waals surface area (Å²) in [7, 11) is 0. The molecule has 1 unspecified atom stereocenters. The van der Waals surface area contributed by atoms with Crippen LogP contribution in [0.2, 0.25) is 5.02 Å². The molecule has 1 atom stereocenters. The van der Waals surface area contributed by atoms with Crippen molar-refractivity contribution in [3.63, 3.8) is 0 Å². The van der Waals surface area contributed by atoms with Crippen LogP contribution >= 0.6 is 11.6 Å². The van der Waals surface area contributed by atoms with Crippen molar-refractivity contribution < 1.29 is 14.0 Å². The number of oxazole rings is 1. The van der Waals surface area contributed by atoms with Crippen LogP contribution < -0.4 is 10.6 Å². The standard InChI is InChI=1S/C21H21ClN4O3/c1-13(27)23-15-8-9-17(16(22)11-15)25-21(28)26-10-4-5-14(12-26)20-24-18-6-2-3-7-19(18)29-20/h2-3,6-9,11,14H,4-5,10,12H2,1H3,(H,23,27)(H,25,28). The Hall–Kier alpha value is -3.06. The van der Waals surface area contributed by atoms with Crippen molar-refractivity contribution in [3.8, 4) is 0 Å². The summed E-state index contributed by atoms with van der Waals surface area (Å²) in [5, 5.41) is 5.87. The van der Waals surface area contributed by atoms with E-state index in [-0.39, 0.29) is 17.9 Å². The molecule has 3 aromatic rings. The Kier molecular flexibility index (Phi) is 5.40. The fourth-order valence-corrected chi connectivity index (χ4v) is 3.75. The minimum Gasteiger partial charge on any atom is -0.440 e. The monoisotopic (exact) mass is 412 g/mol. The second-order valence-corrected chi connectivity index (χ2v) is 7.52. The predicted octanol–water partition coefficient (Wildman–Crippen LogP) is 4.85. The molecule has 0 aliphatic carbocycles. The van der Waals surface area contributed by atoms with Gasteiger partial charge in [0.1, 0.15) is 5.52 Å². The molecule has 0 bridgehead atoms. The Morgan fingerprint density at radius 3 is 2.79 bits per heavy atom. The van der Waals surface area contributed by atoms with E-state index in [1.807, 2.05) is 24.3 Å². The van der Waals surface area contributed by atoms with Gasteiger partial charge in [-0.15, -0.1) is 0 Å². The first-order valence-corrected chi connectivity index (χ1v) is 9.86. The predicted molar refractivity (Wildman–Crippen MR) is 112 cm³/mol. The first-order chi connectivity index (χ1) is 14.0. The van der Waals surface area contributed by atoms with Crippen LogP contribution in [-0.2, 0) is 4.79 Å². The lowest BCUT2D eigenvalue weighted by molar-refractivity contribution is -0.114. The fourth-order valence-electron chi connectivity index (χ4n) is 3.52. The van der Waals surface area contributed by atoms with E-state index in [9.17, 15) is 9.59 Å². The smallest absolute Gasteiger partial charge is 0.321 e. The van der Waals surface area contributed by atoms with Gasteiger partial charge in [-0.25, -0.2) is 9.78 Å². The number of benzene rings is 2. The van der Waals surface area contributed by atoms with E-state index < -0.39 is 0 Å². The molecule has 3 amide bonds. The molecular formula is C21H21ClN4O3. The summed E-state index contributed by atoms with van der Waals surface area (Å²) in [6, 6.07) is 12.4. The summed E-state index contributed by atoms with van der Waals surface area (Å²) >= 11 is 6.26. The number of aromatic nitrogens is 1. The van der Waals surface area contributed by atoms with Crippen LogP contribution in [0.1, 0.15) is 31.6 Å². The highest BCUT2D eigenvalue weighted by molar-refractivity contribution is 6.34. The zero-order chi connectivity index (χ0) is 20.4. The molecule has 150 valence electrons. The summed E-state index contributed by atoms with van der Waals surface area (Å²) in [4.78, 5) is 30.3. The Labute approximate surface area is 173 Å². The molecule has 1 aliphatic heterocycles. The molecule has 4 rings (SSSR count). The quantitative estimate of drug-likeness (QED) is 0.643. The number of carbonyl (C=O) groups excluding carboxylic acids is 2. The van der Waals surface area contributed by atoms with Crippen molar-refractivity contribution in [2.24, 2.45) is 0 Å². The number of piperidine rings is 1. The number of anilines is 2. The van der Waals surface area contributed by atoms with Gasteiger partial charge in [0.25, 0.3) is 0 Å². The molecule has 1 aromatic heterocycles. The van der Waals surface area contributed by atoms with Crippen LogP contribution in [0.4, 0.5) is 16.2 Å². The number of para-hydroxylation sites is 2. The summed E-state index contributed by atoms with van der Waals surface area (Å²) in [5.41, 5.74) is 2.66. The highest BCUT2D eigenvalue weighted by Crippen LogP contribution is 2.30. The van der Waals surface area contributed by atoms with Crippen molar-refractivity contribution in [1.29, 1.82) is 0 Å². The minimum atomic E-state index is -0.222. The number of hydrogen-bond acceptors (Lipinski definition) is 4. The Bertz CT molecular complexity index is 1030. The van der Waals surface area contributed by atoms with Gasteiger partial charge in [-0.05, 0) is 43.2 Å². The molecule has 1 saturated heterocycles. The topological polar surface area (TPSA) is 87.5 Å². The van der Waals surface area contributed by atoms with E-state index in [4.69, 9.17) is 16.0 Å². The van der Waals surface area contributed by atoms with E-state index in [0.29, 0.717) is 35.4 Å². The van der Waals surface area contributed by atoms with Crippen LogP contribution in [0.15, 0.2) is 46.9 Å². The molecule has 1 fully saturated rings. The highest BCUT2D eigenvalue weighted by Gasteiger charge is 2.28. The number of rotatable bonds is 3. The number of amides is 3. The lowest BCUT2D eigenvalue weighted by atomic mass is 9.98. The summed E-state index contributed by atoms with van der Waals surface area (Å²) in [5.74, 6) is 0.539. The van der Waals surface area contributed by atoms with Gasteiger partial charge in [-0.3, -0.25) is 4.79 Å². The third kappa shape index (κ3) is 4.35. The second-order valence-electron chi connectivity index (χ2n) is 7.11. The Morgan fingerprint density at radius 1 is 1.21 bits per heavy atom. The maximum atomic E-state index is 12.8. The first-order valence-electron chi connectivity index (χ1n) is 9.48. The molecule has 2 N–H and O–H groups in total. The summed E-state index contributed by atoms with van der Waals surface area (Å²) in [6.45, 7) is 2.61. The van der Waals surface area contributed by atoms with E-state index in [2.05, 4.69) is 15.6 Å². The number of carbonyl (C=O) groups is 2. The van der Waals surface area contributed by atoms with Gasteiger partial charge in [-0.1, -0.05) is 23.7 Å². The average molecular weight is 413 g/mol. The molecule has 2 aromatic carbocycles. The first kappa shape index (κ1) is 19.3. The van der Waals surface area contributed by atoms with Crippen molar-refractivity contribution in [2.75, 3.05) is 23.7 Å². The molecule has 1 aliphatic rings. The lowest BCUT2D eigenvalue weighted by Gasteiger charge is -2.31. The third-order valence-electron chi connectivity index (χ3n) is 4.90. The van der Waals surface area contributed by atoms with Crippen molar-refractivity contribution in [2.45, 2.75) is 25.7 Å². The van der Waals surface area contributed by atoms with Crippen LogP contribution in [0.3, 0.4) is 0 Å². The minimum absolute atomic E-state index is 0.0551. The van der Waals surface area contributed by atoms with Gasteiger partial charge in [0, 0.05) is 25.7 Å². The van der Waals surface area contributed by atoms with E-state index >= 15 is 0 Å². The molecule has 7 nitrogen and oxygen atoms in total. The van der Waals surface area contributed by atoms with E-state index in [1.54, 1.807) is 23.1 Å². The van der Waals surface area contributed by atoms with Gasteiger partial charge in [0.2, 0.25) is 5.91 Å². The molecule has 0 radical (unpaired) electrons. The zero-order valence-electron chi connectivity index (χ0n) is 15.9. The van der Waals surface area contributed by atoms with Crippen molar-refractivity contribution in [3.05, 3.63) is 53.4 Å². The van der Waals surface area contributed by atoms with E-state index in [0.717, 1.165) is 23.9 Å². The fraction of sp³-hybridized carbons (Fsp3) is 0.286. The second kappa shape index (κ2) is 8.13. The Morgan fingerprint density at radius 2 is 2.03 bits per heavy atom. The zero-order valence-corrected chi connectivity index (χ0v) is 16.7. The molecule has 8 heteroatoms.